The molecule has 106 valence electrons. The van der Waals surface area contributed by atoms with E-state index in [0.29, 0.717) is 5.56 Å². The molecule has 0 aromatic carbocycles. The molecule has 0 aliphatic heterocycles. The standard InChI is InChI=1S/C11H16ClF2N5/c12-10-7(3-8(16)18-19-10)9(6-1-2-6)17-5-11(13,14)4-15/h3,6,9,17H,1-2,4-5,15H2,(H2,16,18)/t9-/m1/s1. The number of nitrogens with one attached hydrogen (secondary N) is 1. The SMILES string of the molecule is NCC(F)(F)CN[C@@H](c1cc(N)nnc1Cl)C1CC1. The lowest BCUT2D eigenvalue weighted by Gasteiger charge is -2.22. The lowest BCUT2D eigenvalue weighted by atomic mass is 10.0. The van der Waals surface area contributed by atoms with E-state index in [-0.39, 0.29) is 22.9 Å². The number of rotatable bonds is 6. The molecule has 0 amide bonds. The maximum atomic E-state index is 13.2. The highest BCUT2D eigenvalue weighted by molar-refractivity contribution is 6.30. The molecule has 0 radical (unpaired) electrons. The van der Waals surface area contributed by atoms with Crippen LogP contribution in [-0.2, 0) is 0 Å². The Hall–Kier alpha value is -1.05. The van der Waals surface area contributed by atoms with Crippen molar-refractivity contribution >= 4 is 17.4 Å². The molecule has 0 bridgehead atoms. The second kappa shape index (κ2) is 5.52. The molecule has 0 saturated heterocycles. The van der Waals surface area contributed by atoms with Gasteiger partial charge in [-0.2, -0.15) is 0 Å². The fraction of sp³-hybridized carbons (Fsp3) is 0.636. The lowest BCUT2D eigenvalue weighted by Crippen LogP contribution is -2.41. The zero-order chi connectivity index (χ0) is 14.0. The second-order valence-electron chi connectivity index (χ2n) is 4.77. The van der Waals surface area contributed by atoms with Gasteiger partial charge in [0.1, 0.15) is 5.82 Å². The van der Waals surface area contributed by atoms with Crippen molar-refractivity contribution in [3.05, 3.63) is 16.8 Å². The monoisotopic (exact) mass is 291 g/mol. The van der Waals surface area contributed by atoms with Crippen LogP contribution in [0.25, 0.3) is 0 Å². The summed E-state index contributed by atoms with van der Waals surface area (Å²) in [4.78, 5) is 0. The van der Waals surface area contributed by atoms with E-state index >= 15 is 0 Å². The van der Waals surface area contributed by atoms with Gasteiger partial charge in [0.25, 0.3) is 5.92 Å². The summed E-state index contributed by atoms with van der Waals surface area (Å²) in [6, 6.07) is 1.29. The van der Waals surface area contributed by atoms with Crippen LogP contribution in [0.5, 0.6) is 0 Å². The molecule has 1 aliphatic rings. The Bertz CT molecular complexity index is 453. The van der Waals surface area contributed by atoms with Gasteiger partial charge in [-0.3, -0.25) is 0 Å². The average molecular weight is 292 g/mol. The fourth-order valence-electron chi connectivity index (χ4n) is 1.92. The van der Waals surface area contributed by atoms with Crippen LogP contribution in [0.15, 0.2) is 6.07 Å². The highest BCUT2D eigenvalue weighted by Crippen LogP contribution is 2.42. The van der Waals surface area contributed by atoms with Crippen molar-refractivity contribution in [2.45, 2.75) is 24.8 Å². The molecule has 2 rings (SSSR count). The number of aromatic nitrogens is 2. The number of nitrogen functional groups attached to an aromatic ring is 1. The van der Waals surface area contributed by atoms with Gasteiger partial charge in [-0.05, 0) is 24.8 Å². The van der Waals surface area contributed by atoms with E-state index in [0.717, 1.165) is 12.8 Å². The van der Waals surface area contributed by atoms with Crippen LogP contribution in [0.1, 0.15) is 24.4 Å². The Labute approximate surface area is 114 Å². The minimum absolute atomic E-state index is 0.190. The Kier molecular flexibility index (Phi) is 4.17. The first kappa shape index (κ1) is 14.4. The predicted octanol–water partition coefficient (Wildman–Crippen LogP) is 1.35. The van der Waals surface area contributed by atoms with Crippen molar-refractivity contribution in [2.24, 2.45) is 11.7 Å². The van der Waals surface area contributed by atoms with E-state index in [2.05, 4.69) is 15.5 Å². The summed E-state index contributed by atoms with van der Waals surface area (Å²) in [7, 11) is 0. The lowest BCUT2D eigenvalue weighted by molar-refractivity contribution is 0.00843. The smallest absolute Gasteiger partial charge is 0.272 e. The van der Waals surface area contributed by atoms with Gasteiger partial charge in [0.15, 0.2) is 5.15 Å². The summed E-state index contributed by atoms with van der Waals surface area (Å²) in [5, 5.41) is 10.3. The number of halogens is 3. The Morgan fingerprint density at radius 3 is 2.74 bits per heavy atom. The summed E-state index contributed by atoms with van der Waals surface area (Å²) in [5.41, 5.74) is 11.2. The zero-order valence-electron chi connectivity index (χ0n) is 10.2. The minimum atomic E-state index is -2.94. The molecule has 0 unspecified atom stereocenters. The molecule has 5 nitrogen and oxygen atoms in total. The molecule has 19 heavy (non-hydrogen) atoms. The predicted molar refractivity (Wildman–Crippen MR) is 68.9 cm³/mol. The van der Waals surface area contributed by atoms with Gasteiger partial charge < -0.3 is 16.8 Å². The number of nitrogens with zero attached hydrogens (tertiary/aromatic N) is 2. The summed E-state index contributed by atoms with van der Waals surface area (Å²) < 4.78 is 26.4. The van der Waals surface area contributed by atoms with Crippen LogP contribution in [0, 0.1) is 5.92 Å². The van der Waals surface area contributed by atoms with Crippen LogP contribution in [0.3, 0.4) is 0 Å². The van der Waals surface area contributed by atoms with E-state index in [1.165, 1.54) is 0 Å². The molecule has 1 heterocycles. The first-order valence-electron chi connectivity index (χ1n) is 6.03. The summed E-state index contributed by atoms with van der Waals surface area (Å²) in [6.07, 6.45) is 1.93. The van der Waals surface area contributed by atoms with Crippen LogP contribution < -0.4 is 16.8 Å². The molecule has 8 heteroatoms. The van der Waals surface area contributed by atoms with Crippen molar-refractivity contribution in [3.8, 4) is 0 Å². The van der Waals surface area contributed by atoms with Crippen LogP contribution in [0.2, 0.25) is 5.15 Å². The molecule has 1 atom stereocenters. The molecule has 1 aromatic heterocycles. The second-order valence-corrected chi connectivity index (χ2v) is 5.13. The third-order valence-electron chi connectivity index (χ3n) is 3.10. The first-order chi connectivity index (χ1) is 8.93. The molecular weight excluding hydrogens is 276 g/mol. The summed E-state index contributed by atoms with van der Waals surface area (Å²) >= 11 is 5.97. The molecule has 1 saturated carbocycles. The van der Waals surface area contributed by atoms with Gasteiger partial charge in [0, 0.05) is 11.6 Å². The van der Waals surface area contributed by atoms with Gasteiger partial charge in [-0.15, -0.1) is 10.2 Å². The van der Waals surface area contributed by atoms with Gasteiger partial charge >= 0.3 is 0 Å². The highest BCUT2D eigenvalue weighted by atomic mass is 35.5. The normalized spacial score (nSPS) is 17.5. The fourth-order valence-corrected chi connectivity index (χ4v) is 2.13. The largest absolute Gasteiger partial charge is 0.382 e. The molecule has 5 N–H and O–H groups in total. The van der Waals surface area contributed by atoms with E-state index in [1.807, 2.05) is 0 Å². The topological polar surface area (TPSA) is 89.8 Å². The zero-order valence-corrected chi connectivity index (χ0v) is 11.0. The maximum absolute atomic E-state index is 13.2. The third-order valence-corrected chi connectivity index (χ3v) is 3.40. The number of anilines is 1. The molecule has 1 aliphatic carbocycles. The van der Waals surface area contributed by atoms with Crippen molar-refractivity contribution in [1.82, 2.24) is 15.5 Å². The molecule has 1 aromatic rings. The number of hydrogen-bond donors (Lipinski definition) is 3. The van der Waals surface area contributed by atoms with Crippen LogP contribution in [0.4, 0.5) is 14.6 Å². The van der Waals surface area contributed by atoms with Crippen molar-refractivity contribution in [2.75, 3.05) is 18.8 Å². The third kappa shape index (κ3) is 3.71. The van der Waals surface area contributed by atoms with Crippen molar-refractivity contribution < 1.29 is 8.78 Å². The minimum Gasteiger partial charge on any atom is -0.382 e. The van der Waals surface area contributed by atoms with Gasteiger partial charge in [0.2, 0.25) is 0 Å². The van der Waals surface area contributed by atoms with E-state index in [4.69, 9.17) is 23.1 Å². The average Bonchev–Trinajstić information content (AvgIpc) is 3.18. The number of alkyl halides is 2. The maximum Gasteiger partial charge on any atom is 0.272 e. The number of hydrogen-bond acceptors (Lipinski definition) is 5. The van der Waals surface area contributed by atoms with Gasteiger partial charge in [-0.25, -0.2) is 8.78 Å². The van der Waals surface area contributed by atoms with Crippen molar-refractivity contribution in [3.63, 3.8) is 0 Å². The highest BCUT2D eigenvalue weighted by Gasteiger charge is 2.36. The Morgan fingerprint density at radius 2 is 2.16 bits per heavy atom. The summed E-state index contributed by atoms with van der Waals surface area (Å²) in [5.74, 6) is -2.45. The number of nitrogens with two attached hydrogens (primary N) is 2. The van der Waals surface area contributed by atoms with E-state index < -0.39 is 19.0 Å². The molecule has 1 fully saturated rings. The van der Waals surface area contributed by atoms with Crippen molar-refractivity contribution in [1.29, 1.82) is 0 Å². The van der Waals surface area contributed by atoms with Crippen LogP contribution in [-0.4, -0.2) is 29.2 Å². The van der Waals surface area contributed by atoms with Gasteiger partial charge in [-0.1, -0.05) is 11.6 Å². The van der Waals surface area contributed by atoms with E-state index in [9.17, 15) is 8.78 Å². The molecular formula is C11H16ClF2N5. The van der Waals surface area contributed by atoms with Crippen LogP contribution >= 0.6 is 11.6 Å². The van der Waals surface area contributed by atoms with Gasteiger partial charge in [0.05, 0.1) is 13.1 Å². The van der Waals surface area contributed by atoms with E-state index in [1.54, 1.807) is 6.07 Å². The quantitative estimate of drug-likeness (QED) is 0.736. The molecule has 0 spiro atoms. The first-order valence-corrected chi connectivity index (χ1v) is 6.40. The Balaban J connectivity index is 2.14. The Morgan fingerprint density at radius 1 is 1.47 bits per heavy atom. The summed E-state index contributed by atoms with van der Waals surface area (Å²) in [6.45, 7) is -1.19.